The van der Waals surface area contributed by atoms with Crippen LogP contribution in [0.4, 0.5) is 11.5 Å². The van der Waals surface area contributed by atoms with E-state index in [0.717, 1.165) is 17.3 Å². The average Bonchev–Trinajstić information content (AvgIpc) is 2.32. The van der Waals surface area contributed by atoms with Crippen molar-refractivity contribution in [3.05, 3.63) is 12.0 Å². The van der Waals surface area contributed by atoms with Crippen LogP contribution in [0.25, 0.3) is 0 Å². The quantitative estimate of drug-likeness (QED) is 0.800. The fraction of sp³-hybridized carbons (Fsp3) is 0.615. The highest BCUT2D eigenvalue weighted by Crippen LogP contribution is 2.32. The van der Waals surface area contributed by atoms with Crippen LogP contribution < -0.4 is 9.80 Å². The first-order chi connectivity index (χ1) is 8.41. The summed E-state index contributed by atoms with van der Waals surface area (Å²) < 4.78 is 0. The molecular weight excluding hydrogens is 228 g/mol. The highest BCUT2D eigenvalue weighted by atomic mass is 16.2. The van der Waals surface area contributed by atoms with Crippen LogP contribution in [0.15, 0.2) is 6.20 Å². The predicted octanol–water partition coefficient (Wildman–Crippen LogP) is 1.79. The van der Waals surface area contributed by atoms with Crippen molar-refractivity contribution in [2.45, 2.75) is 39.7 Å². The van der Waals surface area contributed by atoms with Crippen molar-refractivity contribution < 1.29 is 4.79 Å². The van der Waals surface area contributed by atoms with Gasteiger partial charge in [0.05, 0.1) is 12.7 Å². The fourth-order valence-electron chi connectivity index (χ4n) is 1.99. The Bertz CT molecular complexity index is 470. The maximum atomic E-state index is 11.9. The van der Waals surface area contributed by atoms with Crippen molar-refractivity contribution in [2.24, 2.45) is 0 Å². The van der Waals surface area contributed by atoms with Crippen LogP contribution in [0.1, 0.15) is 39.4 Å². The molecule has 1 amide bonds. The number of likely N-dealkylation sites (N-methyl/N-ethyl adjacent to an activating group) is 1. The van der Waals surface area contributed by atoms with Crippen LogP contribution in [-0.4, -0.2) is 35.5 Å². The van der Waals surface area contributed by atoms with Crippen LogP contribution in [-0.2, 0) is 4.79 Å². The molecule has 0 aliphatic carbocycles. The van der Waals surface area contributed by atoms with E-state index in [4.69, 9.17) is 0 Å². The van der Waals surface area contributed by atoms with E-state index in [1.54, 1.807) is 18.1 Å². The van der Waals surface area contributed by atoms with Gasteiger partial charge in [-0.3, -0.25) is 4.79 Å². The maximum Gasteiger partial charge on any atom is 0.246 e. The Morgan fingerprint density at radius 3 is 2.50 bits per heavy atom. The molecule has 0 radical (unpaired) electrons. The van der Waals surface area contributed by atoms with Gasteiger partial charge in [-0.2, -0.15) is 0 Å². The summed E-state index contributed by atoms with van der Waals surface area (Å²) in [7, 11) is 1.78. The minimum Gasteiger partial charge on any atom is -0.343 e. The highest BCUT2D eigenvalue weighted by Gasteiger charge is 2.30. The lowest BCUT2D eigenvalue weighted by atomic mass is 10.2. The molecule has 5 heteroatoms. The Kier molecular flexibility index (Phi) is 3.24. The smallest absolute Gasteiger partial charge is 0.246 e. The van der Waals surface area contributed by atoms with E-state index in [1.807, 2.05) is 4.90 Å². The minimum absolute atomic E-state index is 0.0806. The normalized spacial score (nSPS) is 15.6. The first-order valence-corrected chi connectivity index (χ1v) is 6.32. The standard InChI is InChI=1S/C13H20N4O/c1-8(2)12-14-6-10-13(15-12)17(9(3)4)7-11(18)16(10)5/h6,8-9H,7H2,1-5H3. The molecule has 0 saturated heterocycles. The Balaban J connectivity index is 2.53. The molecule has 98 valence electrons. The van der Waals surface area contributed by atoms with E-state index in [-0.39, 0.29) is 17.9 Å². The van der Waals surface area contributed by atoms with Gasteiger partial charge in [0.1, 0.15) is 11.5 Å². The van der Waals surface area contributed by atoms with Crippen LogP contribution in [0.3, 0.4) is 0 Å². The van der Waals surface area contributed by atoms with E-state index in [2.05, 4.69) is 37.7 Å². The number of rotatable bonds is 2. The first-order valence-electron chi connectivity index (χ1n) is 6.32. The van der Waals surface area contributed by atoms with Crippen molar-refractivity contribution in [3.8, 4) is 0 Å². The monoisotopic (exact) mass is 248 g/mol. The average molecular weight is 248 g/mol. The molecule has 0 saturated carbocycles. The van der Waals surface area contributed by atoms with Crippen LogP contribution >= 0.6 is 0 Å². The van der Waals surface area contributed by atoms with E-state index in [9.17, 15) is 4.79 Å². The molecule has 1 aromatic heterocycles. The van der Waals surface area contributed by atoms with Gasteiger partial charge in [0.25, 0.3) is 0 Å². The number of fused-ring (bicyclic) bond motifs is 1. The molecule has 2 heterocycles. The van der Waals surface area contributed by atoms with Crippen molar-refractivity contribution in [1.82, 2.24) is 9.97 Å². The number of aromatic nitrogens is 2. The van der Waals surface area contributed by atoms with Crippen molar-refractivity contribution in [2.75, 3.05) is 23.4 Å². The summed E-state index contributed by atoms with van der Waals surface area (Å²) in [5, 5.41) is 0. The second-order valence-corrected chi connectivity index (χ2v) is 5.27. The summed E-state index contributed by atoms with van der Waals surface area (Å²) in [6.07, 6.45) is 1.75. The number of nitrogens with zero attached hydrogens (tertiary/aromatic N) is 4. The van der Waals surface area contributed by atoms with Gasteiger partial charge in [-0.25, -0.2) is 9.97 Å². The molecule has 1 aromatic rings. The van der Waals surface area contributed by atoms with Gasteiger partial charge < -0.3 is 9.80 Å². The highest BCUT2D eigenvalue weighted by molar-refractivity contribution is 6.01. The number of carbonyl (C=O) groups excluding carboxylic acids is 1. The van der Waals surface area contributed by atoms with Crippen LogP contribution in [0.5, 0.6) is 0 Å². The molecule has 0 unspecified atom stereocenters. The minimum atomic E-state index is 0.0806. The lowest BCUT2D eigenvalue weighted by molar-refractivity contribution is -0.117. The third kappa shape index (κ3) is 2.05. The Morgan fingerprint density at radius 1 is 1.28 bits per heavy atom. The lowest BCUT2D eigenvalue weighted by Crippen LogP contribution is -2.47. The SMILES string of the molecule is CC(C)c1ncc2c(n1)N(C(C)C)CC(=O)N2C. The number of amides is 1. The molecule has 5 nitrogen and oxygen atoms in total. The van der Waals surface area contributed by atoms with Gasteiger partial charge in [-0.05, 0) is 13.8 Å². The zero-order valence-corrected chi connectivity index (χ0v) is 11.6. The van der Waals surface area contributed by atoms with Gasteiger partial charge in [-0.1, -0.05) is 13.8 Å². The van der Waals surface area contributed by atoms with Gasteiger partial charge in [0.15, 0.2) is 5.82 Å². The topological polar surface area (TPSA) is 49.3 Å². The molecule has 0 aromatic carbocycles. The van der Waals surface area contributed by atoms with Crippen LogP contribution in [0, 0.1) is 0 Å². The summed E-state index contributed by atoms with van der Waals surface area (Å²) in [5.41, 5.74) is 0.796. The van der Waals surface area contributed by atoms with Crippen molar-refractivity contribution in [3.63, 3.8) is 0 Å². The number of anilines is 2. The number of hydrogen-bond acceptors (Lipinski definition) is 4. The summed E-state index contributed by atoms with van der Waals surface area (Å²) in [6, 6.07) is 0.247. The lowest BCUT2D eigenvalue weighted by Gasteiger charge is -2.36. The fourth-order valence-corrected chi connectivity index (χ4v) is 1.99. The van der Waals surface area contributed by atoms with Gasteiger partial charge in [-0.15, -0.1) is 0 Å². The van der Waals surface area contributed by atoms with E-state index < -0.39 is 0 Å². The van der Waals surface area contributed by atoms with Crippen molar-refractivity contribution in [1.29, 1.82) is 0 Å². The summed E-state index contributed by atoms with van der Waals surface area (Å²) in [6.45, 7) is 8.66. The molecule has 0 atom stereocenters. The van der Waals surface area contributed by atoms with E-state index in [0.29, 0.717) is 6.54 Å². The second kappa shape index (κ2) is 4.55. The predicted molar refractivity (Wildman–Crippen MR) is 72.0 cm³/mol. The molecule has 0 fully saturated rings. The van der Waals surface area contributed by atoms with Gasteiger partial charge in [0, 0.05) is 19.0 Å². The van der Waals surface area contributed by atoms with E-state index in [1.165, 1.54) is 0 Å². The van der Waals surface area contributed by atoms with Gasteiger partial charge in [0.2, 0.25) is 5.91 Å². The Morgan fingerprint density at radius 2 is 1.94 bits per heavy atom. The zero-order chi connectivity index (χ0) is 13.4. The molecule has 18 heavy (non-hydrogen) atoms. The van der Waals surface area contributed by atoms with Gasteiger partial charge >= 0.3 is 0 Å². The largest absolute Gasteiger partial charge is 0.343 e. The molecule has 2 rings (SSSR count). The summed E-state index contributed by atoms with van der Waals surface area (Å²) >= 11 is 0. The number of carbonyl (C=O) groups is 1. The third-order valence-corrected chi connectivity index (χ3v) is 3.22. The zero-order valence-electron chi connectivity index (χ0n) is 11.6. The summed E-state index contributed by atoms with van der Waals surface area (Å²) in [5.74, 6) is 2.05. The second-order valence-electron chi connectivity index (χ2n) is 5.27. The van der Waals surface area contributed by atoms with Crippen molar-refractivity contribution >= 4 is 17.4 Å². The first kappa shape index (κ1) is 12.8. The molecule has 0 N–H and O–H groups in total. The molecular formula is C13H20N4O. The van der Waals surface area contributed by atoms with Crippen LogP contribution in [0.2, 0.25) is 0 Å². The molecule has 1 aliphatic rings. The Labute approximate surface area is 108 Å². The number of hydrogen-bond donors (Lipinski definition) is 0. The molecule has 1 aliphatic heterocycles. The molecule has 0 spiro atoms. The summed E-state index contributed by atoms with van der Waals surface area (Å²) in [4.78, 5) is 24.5. The maximum absolute atomic E-state index is 11.9. The Hall–Kier alpha value is -1.65. The third-order valence-electron chi connectivity index (χ3n) is 3.22. The molecule has 0 bridgehead atoms. The van der Waals surface area contributed by atoms with E-state index >= 15 is 0 Å².